The van der Waals surface area contributed by atoms with Crippen molar-refractivity contribution in [2.24, 2.45) is 5.92 Å². The second kappa shape index (κ2) is 7.35. The molecule has 1 saturated heterocycles. The van der Waals surface area contributed by atoms with Crippen molar-refractivity contribution in [2.75, 3.05) is 6.54 Å². The van der Waals surface area contributed by atoms with Gasteiger partial charge >= 0.3 is 0 Å². The standard InChI is InChI=1S/C19H23NO5S2/c1-14-4-8-17(9-5-14)26(21,22)20-13-16(3)12-19(20)25-27(23,24)18-10-6-15(2)7-11-18/h4-11,16,19H,12-13H2,1-3H3. The molecule has 1 fully saturated rings. The summed E-state index contributed by atoms with van der Waals surface area (Å²) in [6, 6.07) is 12.8. The van der Waals surface area contributed by atoms with Crippen LogP contribution in [0.2, 0.25) is 0 Å². The van der Waals surface area contributed by atoms with Crippen molar-refractivity contribution >= 4 is 20.1 Å². The molecule has 1 heterocycles. The first kappa shape index (κ1) is 20.0. The van der Waals surface area contributed by atoms with Gasteiger partial charge in [0.05, 0.1) is 9.79 Å². The zero-order valence-corrected chi connectivity index (χ0v) is 17.1. The molecule has 2 aromatic carbocycles. The molecule has 0 N–H and O–H groups in total. The summed E-state index contributed by atoms with van der Waals surface area (Å²) in [4.78, 5) is 0.142. The second-order valence-electron chi connectivity index (χ2n) is 7.05. The third-order valence-electron chi connectivity index (χ3n) is 4.59. The van der Waals surface area contributed by atoms with E-state index in [0.29, 0.717) is 6.42 Å². The van der Waals surface area contributed by atoms with Gasteiger partial charge in [-0.1, -0.05) is 42.3 Å². The molecule has 1 aliphatic heterocycles. The van der Waals surface area contributed by atoms with Gasteiger partial charge in [-0.3, -0.25) is 0 Å². The van der Waals surface area contributed by atoms with Crippen molar-refractivity contribution in [3.05, 3.63) is 59.7 Å². The van der Waals surface area contributed by atoms with Crippen molar-refractivity contribution in [1.29, 1.82) is 0 Å². The molecule has 0 amide bonds. The molecule has 27 heavy (non-hydrogen) atoms. The van der Waals surface area contributed by atoms with Crippen LogP contribution in [0.5, 0.6) is 0 Å². The average Bonchev–Trinajstić information content (AvgIpc) is 2.96. The molecule has 2 atom stereocenters. The molecule has 0 spiro atoms. The molecule has 3 rings (SSSR count). The Hall–Kier alpha value is -1.74. The number of sulfonamides is 1. The van der Waals surface area contributed by atoms with Gasteiger partial charge in [0.2, 0.25) is 10.0 Å². The summed E-state index contributed by atoms with van der Waals surface area (Å²) in [7, 11) is -7.93. The Morgan fingerprint density at radius 3 is 1.85 bits per heavy atom. The van der Waals surface area contributed by atoms with Crippen molar-refractivity contribution < 1.29 is 21.0 Å². The predicted octanol–water partition coefficient (Wildman–Crippen LogP) is 3.07. The highest BCUT2D eigenvalue weighted by Crippen LogP contribution is 2.32. The van der Waals surface area contributed by atoms with Crippen LogP contribution in [-0.4, -0.2) is 33.9 Å². The number of nitrogens with zero attached hydrogens (tertiary/aromatic N) is 1. The van der Waals surface area contributed by atoms with Crippen molar-refractivity contribution in [1.82, 2.24) is 4.31 Å². The maximum absolute atomic E-state index is 13.0. The molecule has 0 radical (unpaired) electrons. The van der Waals surface area contributed by atoms with Gasteiger partial charge in [-0.05, 0) is 50.5 Å². The van der Waals surface area contributed by atoms with Gasteiger partial charge in [0.25, 0.3) is 10.1 Å². The Kier molecular flexibility index (Phi) is 5.45. The molecular formula is C19H23NO5S2. The smallest absolute Gasteiger partial charge is 0.246 e. The van der Waals surface area contributed by atoms with Crippen molar-refractivity contribution in [3.63, 3.8) is 0 Å². The quantitative estimate of drug-likeness (QED) is 0.709. The van der Waals surface area contributed by atoms with Gasteiger partial charge in [-0.2, -0.15) is 12.7 Å². The second-order valence-corrected chi connectivity index (χ2v) is 10.5. The fourth-order valence-corrected chi connectivity index (χ4v) is 5.80. The average molecular weight is 410 g/mol. The van der Waals surface area contributed by atoms with E-state index in [4.69, 9.17) is 4.18 Å². The Morgan fingerprint density at radius 1 is 0.852 bits per heavy atom. The minimum absolute atomic E-state index is 0.0107. The summed E-state index contributed by atoms with van der Waals surface area (Å²) in [5, 5.41) is 0. The van der Waals surface area contributed by atoms with Gasteiger partial charge in [-0.15, -0.1) is 0 Å². The summed E-state index contributed by atoms with van der Waals surface area (Å²) in [5.41, 5.74) is 1.87. The van der Waals surface area contributed by atoms with Crippen molar-refractivity contribution in [2.45, 2.75) is 43.2 Å². The summed E-state index contributed by atoms with van der Waals surface area (Å²) in [5.74, 6) is -0.0107. The van der Waals surface area contributed by atoms with Crippen LogP contribution in [0.3, 0.4) is 0 Å². The van der Waals surface area contributed by atoms with E-state index in [0.717, 1.165) is 15.4 Å². The van der Waals surface area contributed by atoms with E-state index in [1.165, 1.54) is 24.3 Å². The number of hydrogen-bond donors (Lipinski definition) is 0. The van der Waals surface area contributed by atoms with Crippen LogP contribution in [-0.2, 0) is 24.3 Å². The first-order valence-corrected chi connectivity index (χ1v) is 11.5. The van der Waals surface area contributed by atoms with E-state index in [1.54, 1.807) is 24.3 Å². The molecule has 2 aromatic rings. The minimum Gasteiger partial charge on any atom is -0.246 e. The van der Waals surface area contributed by atoms with Crippen LogP contribution in [0, 0.1) is 19.8 Å². The van der Waals surface area contributed by atoms with Crippen LogP contribution in [0.15, 0.2) is 58.3 Å². The third kappa shape index (κ3) is 4.24. The summed E-state index contributed by atoms with van der Waals surface area (Å²) in [6.07, 6.45) is -0.742. The zero-order chi connectivity index (χ0) is 19.8. The summed E-state index contributed by atoms with van der Waals surface area (Å²) in [6.45, 7) is 5.81. The summed E-state index contributed by atoms with van der Waals surface area (Å²) >= 11 is 0. The Labute approximate surface area is 161 Å². The fourth-order valence-electron chi connectivity index (χ4n) is 3.05. The third-order valence-corrected chi connectivity index (χ3v) is 7.79. The highest BCUT2D eigenvalue weighted by atomic mass is 32.2. The molecule has 146 valence electrons. The van der Waals surface area contributed by atoms with Gasteiger partial charge in [0, 0.05) is 6.54 Å². The lowest BCUT2D eigenvalue weighted by atomic mass is 10.1. The highest BCUT2D eigenvalue weighted by Gasteiger charge is 2.42. The molecule has 1 aliphatic rings. The van der Waals surface area contributed by atoms with E-state index < -0.39 is 26.4 Å². The molecule has 0 aliphatic carbocycles. The van der Waals surface area contributed by atoms with Crippen LogP contribution < -0.4 is 0 Å². The lowest BCUT2D eigenvalue weighted by molar-refractivity contribution is 0.127. The van der Waals surface area contributed by atoms with Gasteiger partial charge in [-0.25, -0.2) is 12.6 Å². The lowest BCUT2D eigenvalue weighted by Gasteiger charge is -2.23. The van der Waals surface area contributed by atoms with Crippen molar-refractivity contribution in [3.8, 4) is 0 Å². The molecular weight excluding hydrogens is 386 g/mol. The van der Waals surface area contributed by atoms with E-state index in [-0.39, 0.29) is 22.3 Å². The van der Waals surface area contributed by atoms with Crippen LogP contribution in [0.25, 0.3) is 0 Å². The zero-order valence-electron chi connectivity index (χ0n) is 15.5. The van der Waals surface area contributed by atoms with E-state index in [1.807, 2.05) is 20.8 Å². The normalized spacial score (nSPS) is 21.4. The van der Waals surface area contributed by atoms with Crippen LogP contribution >= 0.6 is 0 Å². The predicted molar refractivity (Wildman–Crippen MR) is 102 cm³/mol. The maximum Gasteiger partial charge on any atom is 0.298 e. The molecule has 0 aromatic heterocycles. The molecule has 2 unspecified atom stereocenters. The first-order valence-electron chi connectivity index (χ1n) is 8.68. The molecule has 8 heteroatoms. The number of rotatable bonds is 5. The largest absolute Gasteiger partial charge is 0.298 e. The molecule has 0 bridgehead atoms. The Bertz CT molecular complexity index is 1010. The SMILES string of the molecule is Cc1ccc(S(=O)(=O)OC2CC(C)CN2S(=O)(=O)c2ccc(C)cc2)cc1. The van der Waals surface area contributed by atoms with Gasteiger partial charge in [0.15, 0.2) is 0 Å². The number of hydrogen-bond acceptors (Lipinski definition) is 5. The van der Waals surface area contributed by atoms with E-state index >= 15 is 0 Å². The topological polar surface area (TPSA) is 80.8 Å². The Morgan fingerprint density at radius 2 is 1.33 bits per heavy atom. The first-order chi connectivity index (χ1) is 12.6. The molecule has 0 saturated carbocycles. The Balaban J connectivity index is 1.90. The van der Waals surface area contributed by atoms with Gasteiger partial charge in [0.1, 0.15) is 6.23 Å². The van der Waals surface area contributed by atoms with E-state index in [2.05, 4.69) is 0 Å². The number of benzene rings is 2. The summed E-state index contributed by atoms with van der Waals surface area (Å²) < 4.78 is 57.8. The van der Waals surface area contributed by atoms with Gasteiger partial charge < -0.3 is 0 Å². The molecule has 6 nitrogen and oxygen atoms in total. The lowest BCUT2D eigenvalue weighted by Crippen LogP contribution is -2.38. The number of aryl methyl sites for hydroxylation is 2. The van der Waals surface area contributed by atoms with E-state index in [9.17, 15) is 16.8 Å². The fraction of sp³-hybridized carbons (Fsp3) is 0.368. The minimum atomic E-state index is -4.07. The maximum atomic E-state index is 13.0. The van der Waals surface area contributed by atoms with Crippen LogP contribution in [0.4, 0.5) is 0 Å². The highest BCUT2D eigenvalue weighted by molar-refractivity contribution is 7.89. The van der Waals surface area contributed by atoms with Crippen LogP contribution in [0.1, 0.15) is 24.5 Å². The monoisotopic (exact) mass is 409 g/mol.